The first-order valence-corrected chi connectivity index (χ1v) is 9.82. The highest BCUT2D eigenvalue weighted by Gasteiger charge is 2.44. The molecule has 0 aliphatic carbocycles. The largest absolute Gasteiger partial charge is 0.389 e. The summed E-state index contributed by atoms with van der Waals surface area (Å²) in [4.78, 5) is 15.3. The lowest BCUT2D eigenvalue weighted by molar-refractivity contribution is -0.132. The van der Waals surface area contributed by atoms with Gasteiger partial charge in [-0.2, -0.15) is 0 Å². The summed E-state index contributed by atoms with van der Waals surface area (Å²) in [6, 6.07) is 14.9. The van der Waals surface area contributed by atoms with Crippen LogP contribution >= 0.6 is 23.2 Å². The van der Waals surface area contributed by atoms with Gasteiger partial charge < -0.3 is 15.3 Å². The molecule has 1 aliphatic heterocycles. The highest BCUT2D eigenvalue weighted by Crippen LogP contribution is 2.38. The Labute approximate surface area is 170 Å². The topological polar surface area (TPSA) is 52.6 Å². The van der Waals surface area contributed by atoms with E-state index in [2.05, 4.69) is 10.2 Å². The van der Waals surface area contributed by atoms with Crippen molar-refractivity contribution in [3.8, 4) is 0 Å². The van der Waals surface area contributed by atoms with Gasteiger partial charge in [-0.05, 0) is 43.1 Å². The van der Waals surface area contributed by atoms with Crippen LogP contribution in [-0.4, -0.2) is 41.7 Å². The smallest absolute Gasteiger partial charge is 0.230 e. The summed E-state index contributed by atoms with van der Waals surface area (Å²) in [5.41, 5.74) is 0.570. The summed E-state index contributed by atoms with van der Waals surface area (Å²) >= 11 is 12.2. The van der Waals surface area contributed by atoms with Crippen LogP contribution in [0.25, 0.3) is 0 Å². The molecule has 1 fully saturated rings. The number of nitrogens with zero attached hydrogens (tertiary/aromatic N) is 1. The second-order valence-electron chi connectivity index (χ2n) is 7.22. The van der Waals surface area contributed by atoms with E-state index in [0.29, 0.717) is 35.0 Å². The number of carbonyl (C=O) groups excluding carboxylic acids is 1. The van der Waals surface area contributed by atoms with Gasteiger partial charge in [-0.15, -0.1) is 0 Å². The quantitative estimate of drug-likeness (QED) is 0.792. The molecule has 0 radical (unpaired) electrons. The van der Waals surface area contributed by atoms with Crippen molar-refractivity contribution in [1.29, 1.82) is 0 Å². The summed E-state index contributed by atoms with van der Waals surface area (Å²) in [6.07, 6.45) is 1.04. The van der Waals surface area contributed by atoms with E-state index in [4.69, 9.17) is 23.2 Å². The number of amides is 1. The van der Waals surface area contributed by atoms with Gasteiger partial charge in [-0.3, -0.25) is 4.79 Å². The minimum Gasteiger partial charge on any atom is -0.389 e. The molecule has 1 atom stereocenters. The van der Waals surface area contributed by atoms with E-state index in [-0.39, 0.29) is 5.91 Å². The van der Waals surface area contributed by atoms with Gasteiger partial charge in [0.1, 0.15) is 0 Å². The average Bonchev–Trinajstić information content (AvgIpc) is 2.66. The van der Waals surface area contributed by atoms with E-state index in [1.807, 2.05) is 37.4 Å². The van der Waals surface area contributed by atoms with Crippen molar-refractivity contribution in [3.05, 3.63) is 69.7 Å². The molecular weight excluding hydrogens is 383 g/mol. The SMILES string of the molecule is CN1CCC(O)(C(C(=O)NCc2ccccc2)c2ccc(Cl)c(Cl)c2)CC1. The molecular formula is C21H24Cl2N2O2. The summed E-state index contributed by atoms with van der Waals surface area (Å²) in [6.45, 7) is 1.88. The van der Waals surface area contributed by atoms with Crippen LogP contribution in [0.4, 0.5) is 0 Å². The lowest BCUT2D eigenvalue weighted by atomic mass is 9.75. The van der Waals surface area contributed by atoms with Crippen molar-refractivity contribution < 1.29 is 9.90 Å². The van der Waals surface area contributed by atoms with Crippen molar-refractivity contribution in [3.63, 3.8) is 0 Å². The standard InChI is InChI=1S/C21H24Cl2N2O2/c1-25-11-9-21(27,10-12-25)19(16-7-8-17(22)18(23)13-16)20(26)24-14-15-5-3-2-4-6-15/h2-8,13,19,27H,9-12,14H2,1H3,(H,24,26). The van der Waals surface area contributed by atoms with Gasteiger partial charge in [-0.1, -0.05) is 59.6 Å². The van der Waals surface area contributed by atoms with Gasteiger partial charge in [0.15, 0.2) is 0 Å². The molecule has 1 saturated heterocycles. The molecule has 2 N–H and O–H groups in total. The molecule has 3 rings (SSSR count). The molecule has 6 heteroatoms. The molecule has 2 aromatic carbocycles. The van der Waals surface area contributed by atoms with E-state index in [1.54, 1.807) is 18.2 Å². The Balaban J connectivity index is 1.86. The minimum absolute atomic E-state index is 0.204. The van der Waals surface area contributed by atoms with Crippen LogP contribution < -0.4 is 5.32 Å². The second kappa shape index (κ2) is 8.61. The number of aliphatic hydroxyl groups is 1. The molecule has 0 saturated carbocycles. The Morgan fingerprint density at radius 2 is 1.81 bits per heavy atom. The zero-order chi connectivity index (χ0) is 19.4. The monoisotopic (exact) mass is 406 g/mol. The van der Waals surface area contributed by atoms with Crippen LogP contribution in [0, 0.1) is 0 Å². The third kappa shape index (κ3) is 4.82. The number of nitrogens with one attached hydrogen (secondary N) is 1. The van der Waals surface area contributed by atoms with Gasteiger partial charge >= 0.3 is 0 Å². The predicted molar refractivity (Wildman–Crippen MR) is 109 cm³/mol. The fraction of sp³-hybridized carbons (Fsp3) is 0.381. The lowest BCUT2D eigenvalue weighted by Gasteiger charge is -2.41. The third-order valence-electron chi connectivity index (χ3n) is 5.24. The van der Waals surface area contributed by atoms with Crippen molar-refractivity contribution in [1.82, 2.24) is 10.2 Å². The zero-order valence-corrected chi connectivity index (χ0v) is 16.8. The second-order valence-corrected chi connectivity index (χ2v) is 8.03. The molecule has 2 aromatic rings. The molecule has 0 aromatic heterocycles. The van der Waals surface area contributed by atoms with Crippen molar-refractivity contribution >= 4 is 29.1 Å². The Kier molecular flexibility index (Phi) is 6.43. The molecule has 0 spiro atoms. The molecule has 0 bridgehead atoms. The van der Waals surface area contributed by atoms with Gasteiger partial charge in [0.2, 0.25) is 5.91 Å². The maximum absolute atomic E-state index is 13.1. The molecule has 1 amide bonds. The highest BCUT2D eigenvalue weighted by atomic mass is 35.5. The maximum Gasteiger partial charge on any atom is 0.230 e. The lowest BCUT2D eigenvalue weighted by Crippen LogP contribution is -2.51. The Morgan fingerprint density at radius 3 is 2.44 bits per heavy atom. The van der Waals surface area contributed by atoms with E-state index in [1.165, 1.54) is 0 Å². The molecule has 4 nitrogen and oxygen atoms in total. The maximum atomic E-state index is 13.1. The van der Waals surface area contributed by atoms with Crippen LogP contribution in [0.15, 0.2) is 48.5 Å². The van der Waals surface area contributed by atoms with Gasteiger partial charge in [-0.25, -0.2) is 0 Å². The average molecular weight is 407 g/mol. The fourth-order valence-electron chi connectivity index (χ4n) is 3.58. The van der Waals surface area contributed by atoms with Crippen LogP contribution in [0.1, 0.15) is 29.9 Å². The van der Waals surface area contributed by atoms with Gasteiger partial charge in [0, 0.05) is 19.6 Å². The van der Waals surface area contributed by atoms with Gasteiger partial charge in [0.05, 0.1) is 21.6 Å². The Hall–Kier alpha value is -1.59. The number of halogens is 2. The van der Waals surface area contributed by atoms with E-state index in [0.717, 1.165) is 18.7 Å². The first kappa shape index (κ1) is 20.2. The van der Waals surface area contributed by atoms with E-state index >= 15 is 0 Å². The summed E-state index contributed by atoms with van der Waals surface area (Å²) in [5, 5.41) is 15.2. The molecule has 1 aliphatic rings. The number of rotatable bonds is 5. The predicted octanol–water partition coefficient (Wildman–Crippen LogP) is 3.85. The highest BCUT2D eigenvalue weighted by molar-refractivity contribution is 6.42. The normalized spacial score (nSPS) is 18.1. The molecule has 144 valence electrons. The van der Waals surface area contributed by atoms with E-state index < -0.39 is 11.5 Å². The number of carbonyl (C=O) groups is 1. The number of hydrogen-bond acceptors (Lipinski definition) is 3. The summed E-state index contributed by atoms with van der Waals surface area (Å²) in [5.74, 6) is -0.908. The number of likely N-dealkylation sites (tertiary alicyclic amines) is 1. The van der Waals surface area contributed by atoms with Crippen LogP contribution in [0.5, 0.6) is 0 Å². The number of benzene rings is 2. The Morgan fingerprint density at radius 1 is 1.15 bits per heavy atom. The molecule has 27 heavy (non-hydrogen) atoms. The Bertz CT molecular complexity index is 790. The van der Waals surface area contributed by atoms with E-state index in [9.17, 15) is 9.90 Å². The summed E-state index contributed by atoms with van der Waals surface area (Å²) < 4.78 is 0. The molecule has 1 heterocycles. The van der Waals surface area contributed by atoms with Crippen molar-refractivity contribution in [2.24, 2.45) is 0 Å². The van der Waals surface area contributed by atoms with Crippen LogP contribution in [0.3, 0.4) is 0 Å². The number of hydrogen-bond donors (Lipinski definition) is 2. The molecule has 1 unspecified atom stereocenters. The summed E-state index contributed by atoms with van der Waals surface area (Å²) in [7, 11) is 2.02. The first-order chi connectivity index (χ1) is 12.9. The fourth-order valence-corrected chi connectivity index (χ4v) is 3.89. The minimum atomic E-state index is -1.12. The van der Waals surface area contributed by atoms with Crippen molar-refractivity contribution in [2.45, 2.75) is 30.9 Å². The number of piperidine rings is 1. The zero-order valence-electron chi connectivity index (χ0n) is 15.3. The third-order valence-corrected chi connectivity index (χ3v) is 5.98. The van der Waals surface area contributed by atoms with Crippen LogP contribution in [0.2, 0.25) is 10.0 Å². The van der Waals surface area contributed by atoms with Crippen molar-refractivity contribution in [2.75, 3.05) is 20.1 Å². The van der Waals surface area contributed by atoms with Crippen LogP contribution in [-0.2, 0) is 11.3 Å². The van der Waals surface area contributed by atoms with Gasteiger partial charge in [0.25, 0.3) is 0 Å². The first-order valence-electron chi connectivity index (χ1n) is 9.06.